The van der Waals surface area contributed by atoms with Crippen molar-refractivity contribution < 1.29 is 19.1 Å². The number of hydrogen-bond acceptors (Lipinski definition) is 5. The lowest BCUT2D eigenvalue weighted by Crippen LogP contribution is -2.32. The Kier molecular flexibility index (Phi) is 6.58. The van der Waals surface area contributed by atoms with Crippen LogP contribution < -0.4 is 15.0 Å². The molecule has 182 valence electrons. The summed E-state index contributed by atoms with van der Waals surface area (Å²) in [7, 11) is 0. The molecule has 0 unspecified atom stereocenters. The fraction of sp³-hybridized carbons (Fsp3) is 0.0333. The van der Waals surface area contributed by atoms with Gasteiger partial charge in [0.25, 0.3) is 11.8 Å². The van der Waals surface area contributed by atoms with Crippen molar-refractivity contribution in [3.63, 3.8) is 0 Å². The first-order chi connectivity index (χ1) is 17.9. The molecule has 1 heterocycles. The fourth-order valence-corrected chi connectivity index (χ4v) is 4.20. The van der Waals surface area contributed by atoms with Gasteiger partial charge in [-0.2, -0.15) is 0 Å². The minimum absolute atomic E-state index is 0.0243. The summed E-state index contributed by atoms with van der Waals surface area (Å²) in [5, 5.41) is 2.71. The van der Waals surface area contributed by atoms with Gasteiger partial charge in [-0.05, 0) is 66.1 Å². The van der Waals surface area contributed by atoms with E-state index in [-0.39, 0.29) is 10.7 Å². The number of nitrogens with zero attached hydrogens (tertiary/aromatic N) is 1. The molecule has 6 nitrogen and oxygen atoms in total. The number of ether oxygens (including phenoxy) is 1. The van der Waals surface area contributed by atoms with Crippen molar-refractivity contribution in [3.8, 4) is 16.9 Å². The van der Waals surface area contributed by atoms with Gasteiger partial charge in [0.2, 0.25) is 0 Å². The van der Waals surface area contributed by atoms with Crippen LogP contribution in [0.4, 0.5) is 11.4 Å². The number of carbonyl (C=O) groups is 3. The third-order valence-corrected chi connectivity index (χ3v) is 6.30. The van der Waals surface area contributed by atoms with E-state index in [9.17, 15) is 14.4 Å². The highest BCUT2D eigenvalue weighted by Gasteiger charge is 2.39. The molecule has 4 aromatic rings. The van der Waals surface area contributed by atoms with Crippen molar-refractivity contribution in [1.82, 2.24) is 0 Å². The summed E-state index contributed by atoms with van der Waals surface area (Å²) in [6.07, 6.45) is 0. The maximum absolute atomic E-state index is 13.0. The van der Waals surface area contributed by atoms with E-state index < -0.39 is 17.8 Å². The molecule has 0 spiro atoms. The first-order valence-corrected chi connectivity index (χ1v) is 11.9. The van der Waals surface area contributed by atoms with Crippen LogP contribution in [0.3, 0.4) is 0 Å². The first kappa shape index (κ1) is 24.0. The molecule has 0 atom stereocenters. The number of para-hydroxylation sites is 1. The third-order valence-electron chi connectivity index (χ3n) is 5.95. The lowest BCUT2D eigenvalue weighted by molar-refractivity contribution is -0.120. The summed E-state index contributed by atoms with van der Waals surface area (Å²) < 4.78 is 5.49. The summed E-state index contributed by atoms with van der Waals surface area (Å²) in [5.41, 5.74) is 4.13. The number of hydrogen-bond donors (Lipinski definition) is 1. The minimum Gasteiger partial charge on any atom is -0.423 e. The molecule has 0 bridgehead atoms. The number of esters is 1. The predicted molar refractivity (Wildman–Crippen MR) is 143 cm³/mol. The third kappa shape index (κ3) is 4.87. The van der Waals surface area contributed by atoms with Gasteiger partial charge in [-0.3, -0.25) is 9.59 Å². The van der Waals surface area contributed by atoms with Gasteiger partial charge in [0.15, 0.2) is 0 Å². The fourth-order valence-electron chi connectivity index (χ4n) is 3.99. The number of imide groups is 1. The molecular formula is C30H21ClN2O4. The van der Waals surface area contributed by atoms with Crippen LogP contribution in [0, 0.1) is 6.92 Å². The van der Waals surface area contributed by atoms with Crippen LogP contribution >= 0.6 is 11.6 Å². The second-order valence-corrected chi connectivity index (χ2v) is 8.78. The second-order valence-electron chi connectivity index (χ2n) is 8.40. The highest BCUT2D eigenvalue weighted by atomic mass is 35.5. The molecule has 0 saturated carbocycles. The monoisotopic (exact) mass is 508 g/mol. The minimum atomic E-state index is -0.595. The molecule has 0 saturated heterocycles. The Morgan fingerprint density at radius 3 is 2.05 bits per heavy atom. The van der Waals surface area contributed by atoms with Gasteiger partial charge in [0.05, 0.1) is 11.3 Å². The van der Waals surface area contributed by atoms with Crippen LogP contribution in [-0.4, -0.2) is 17.8 Å². The Morgan fingerprint density at radius 2 is 1.38 bits per heavy atom. The Hall–Kier alpha value is -4.68. The van der Waals surface area contributed by atoms with Gasteiger partial charge >= 0.3 is 5.97 Å². The first-order valence-electron chi connectivity index (χ1n) is 11.5. The summed E-state index contributed by atoms with van der Waals surface area (Å²) in [5.74, 6) is -1.24. The Bertz CT molecular complexity index is 1530. The van der Waals surface area contributed by atoms with Crippen molar-refractivity contribution in [2.45, 2.75) is 6.92 Å². The van der Waals surface area contributed by atoms with Gasteiger partial charge < -0.3 is 10.1 Å². The zero-order valence-corrected chi connectivity index (χ0v) is 20.5. The number of amides is 2. The number of rotatable bonds is 6. The van der Waals surface area contributed by atoms with E-state index in [1.807, 2.05) is 61.5 Å². The molecule has 4 aromatic carbocycles. The van der Waals surface area contributed by atoms with Crippen LogP contribution in [0.25, 0.3) is 11.1 Å². The molecule has 1 aliphatic rings. The largest absolute Gasteiger partial charge is 0.423 e. The number of benzene rings is 4. The van der Waals surface area contributed by atoms with Crippen LogP contribution in [0.2, 0.25) is 0 Å². The van der Waals surface area contributed by atoms with E-state index in [4.69, 9.17) is 16.3 Å². The maximum Gasteiger partial charge on any atom is 0.343 e. The Morgan fingerprint density at radius 1 is 0.757 bits per heavy atom. The van der Waals surface area contributed by atoms with Crippen LogP contribution in [-0.2, 0) is 9.59 Å². The highest BCUT2D eigenvalue weighted by Crippen LogP contribution is 2.32. The van der Waals surface area contributed by atoms with Gasteiger partial charge in [-0.25, -0.2) is 9.69 Å². The summed E-state index contributed by atoms with van der Waals surface area (Å²) >= 11 is 6.22. The molecule has 0 fully saturated rings. The molecule has 2 amide bonds. The lowest BCUT2D eigenvalue weighted by atomic mass is 10.1. The average molecular weight is 509 g/mol. The van der Waals surface area contributed by atoms with E-state index in [2.05, 4.69) is 5.32 Å². The van der Waals surface area contributed by atoms with Crippen molar-refractivity contribution in [3.05, 3.63) is 125 Å². The van der Waals surface area contributed by atoms with E-state index in [0.717, 1.165) is 21.6 Å². The highest BCUT2D eigenvalue weighted by molar-refractivity contribution is 6.53. The van der Waals surface area contributed by atoms with Gasteiger partial charge in [-0.15, -0.1) is 0 Å². The molecule has 7 heteroatoms. The van der Waals surface area contributed by atoms with Crippen molar-refractivity contribution in [2.75, 3.05) is 10.2 Å². The average Bonchev–Trinajstić information content (AvgIpc) is 3.13. The number of carbonyl (C=O) groups excluding carboxylic acids is 3. The van der Waals surface area contributed by atoms with Crippen LogP contribution in [0.1, 0.15) is 15.9 Å². The predicted octanol–water partition coefficient (Wildman–Crippen LogP) is 6.32. The Labute approximate surface area is 218 Å². The zero-order chi connectivity index (χ0) is 25.9. The summed E-state index contributed by atoms with van der Waals surface area (Å²) in [4.78, 5) is 39.4. The normalized spacial score (nSPS) is 13.2. The van der Waals surface area contributed by atoms with Crippen molar-refractivity contribution in [1.29, 1.82) is 0 Å². The smallest absolute Gasteiger partial charge is 0.343 e. The maximum atomic E-state index is 13.0. The summed E-state index contributed by atoms with van der Waals surface area (Å²) in [6, 6.07) is 30.6. The number of anilines is 2. The standard InChI is InChI=1S/C30H21ClN2O4/c1-19-7-5-6-10-25(19)33-28(34)26(31)27(29(33)35)32-23-15-11-22(12-16-23)30(36)37-24-17-13-21(14-18-24)20-8-3-2-4-9-20/h2-18,32H,1H3. The van der Waals surface area contributed by atoms with Gasteiger partial charge in [0, 0.05) is 5.69 Å². The van der Waals surface area contributed by atoms with Crippen molar-refractivity contribution in [2.24, 2.45) is 0 Å². The number of aryl methyl sites for hydroxylation is 1. The molecule has 1 aliphatic heterocycles. The molecule has 37 heavy (non-hydrogen) atoms. The van der Waals surface area contributed by atoms with E-state index in [1.165, 1.54) is 0 Å². The SMILES string of the molecule is Cc1ccccc1N1C(=O)C(Cl)=C(Nc2ccc(C(=O)Oc3ccc(-c4ccccc4)cc3)cc2)C1=O. The van der Waals surface area contributed by atoms with Gasteiger partial charge in [-0.1, -0.05) is 72.3 Å². The van der Waals surface area contributed by atoms with E-state index in [1.54, 1.807) is 48.5 Å². The second kappa shape index (κ2) is 10.1. The zero-order valence-electron chi connectivity index (χ0n) is 19.8. The topological polar surface area (TPSA) is 75.7 Å². The van der Waals surface area contributed by atoms with Crippen LogP contribution in [0.15, 0.2) is 114 Å². The number of nitrogens with one attached hydrogen (secondary N) is 1. The van der Waals surface area contributed by atoms with Crippen molar-refractivity contribution >= 4 is 40.8 Å². The van der Waals surface area contributed by atoms with Gasteiger partial charge in [0.1, 0.15) is 16.5 Å². The van der Waals surface area contributed by atoms with E-state index >= 15 is 0 Å². The lowest BCUT2D eigenvalue weighted by Gasteiger charge is -2.17. The molecule has 5 rings (SSSR count). The quantitative estimate of drug-likeness (QED) is 0.187. The van der Waals surface area contributed by atoms with Crippen LogP contribution in [0.5, 0.6) is 5.75 Å². The molecular weight excluding hydrogens is 488 g/mol. The van der Waals surface area contributed by atoms with E-state index in [0.29, 0.717) is 22.7 Å². The number of halogens is 1. The molecule has 0 radical (unpaired) electrons. The Balaban J connectivity index is 1.26. The summed E-state index contributed by atoms with van der Waals surface area (Å²) in [6.45, 7) is 1.81. The molecule has 0 aliphatic carbocycles. The molecule has 0 aromatic heterocycles. The molecule has 1 N–H and O–H groups in total.